The summed E-state index contributed by atoms with van der Waals surface area (Å²) in [6.45, 7) is 6.59. The van der Waals surface area contributed by atoms with Crippen LogP contribution in [0, 0.1) is 5.92 Å². The minimum atomic E-state index is -0.917. The van der Waals surface area contributed by atoms with Crippen LogP contribution in [-0.4, -0.2) is 53.7 Å². The first-order valence-electron chi connectivity index (χ1n) is 11.9. The molecule has 0 fully saturated rings. The number of alkyl carbamates (subject to hydrolysis) is 1. The van der Waals surface area contributed by atoms with E-state index in [4.69, 9.17) is 9.84 Å². The number of carboxylic acid groups (broad SMARTS) is 1. The second-order valence-corrected chi connectivity index (χ2v) is 9.17. The minimum Gasteiger partial charge on any atom is -0.481 e. The topological polar surface area (TPSA) is 95.9 Å². The van der Waals surface area contributed by atoms with E-state index in [1.807, 2.05) is 45.0 Å². The molecule has 1 aliphatic rings. The summed E-state index contributed by atoms with van der Waals surface area (Å²) in [7, 11) is 0. The number of nitrogens with zero attached hydrogens (tertiary/aromatic N) is 1. The van der Waals surface area contributed by atoms with E-state index >= 15 is 0 Å². The van der Waals surface area contributed by atoms with Crippen LogP contribution in [0.25, 0.3) is 11.1 Å². The molecule has 0 aromatic heterocycles. The third kappa shape index (κ3) is 6.37. The molecule has 1 aliphatic carbocycles. The van der Waals surface area contributed by atoms with Crippen molar-refractivity contribution in [2.45, 2.75) is 52.0 Å². The Labute approximate surface area is 201 Å². The first kappa shape index (κ1) is 25.3. The van der Waals surface area contributed by atoms with Gasteiger partial charge in [-0.1, -0.05) is 55.5 Å². The van der Waals surface area contributed by atoms with Gasteiger partial charge in [-0.05, 0) is 48.4 Å². The molecule has 182 valence electrons. The Balaban J connectivity index is 1.44. The number of benzene rings is 2. The maximum atomic E-state index is 12.5. The molecule has 2 aromatic carbocycles. The fourth-order valence-electron chi connectivity index (χ4n) is 4.41. The lowest BCUT2D eigenvalue weighted by Crippen LogP contribution is -2.38. The van der Waals surface area contributed by atoms with Gasteiger partial charge in [0.1, 0.15) is 6.61 Å². The number of nitrogens with one attached hydrogen (secondary N) is 1. The van der Waals surface area contributed by atoms with Crippen molar-refractivity contribution >= 4 is 18.0 Å². The van der Waals surface area contributed by atoms with E-state index in [1.165, 1.54) is 22.3 Å². The third-order valence-electron chi connectivity index (χ3n) is 6.30. The molecule has 1 atom stereocenters. The van der Waals surface area contributed by atoms with E-state index < -0.39 is 12.1 Å². The number of hydrogen-bond acceptors (Lipinski definition) is 4. The highest BCUT2D eigenvalue weighted by atomic mass is 16.5. The molecule has 0 aliphatic heterocycles. The van der Waals surface area contributed by atoms with E-state index in [-0.39, 0.29) is 43.4 Å². The Morgan fingerprint density at radius 2 is 1.56 bits per heavy atom. The van der Waals surface area contributed by atoms with Gasteiger partial charge in [-0.2, -0.15) is 0 Å². The van der Waals surface area contributed by atoms with Crippen LogP contribution in [0.1, 0.15) is 57.1 Å². The molecule has 0 bridgehead atoms. The lowest BCUT2D eigenvalue weighted by molar-refractivity contribution is -0.139. The summed E-state index contributed by atoms with van der Waals surface area (Å²) in [5.74, 6) is -0.887. The van der Waals surface area contributed by atoms with Crippen molar-refractivity contribution in [2.24, 2.45) is 5.92 Å². The van der Waals surface area contributed by atoms with Crippen molar-refractivity contribution in [3.05, 3.63) is 59.7 Å². The zero-order valence-electron chi connectivity index (χ0n) is 20.1. The fourth-order valence-corrected chi connectivity index (χ4v) is 4.41. The molecule has 2 aromatic rings. The Hall–Kier alpha value is -3.35. The number of rotatable bonds is 11. The van der Waals surface area contributed by atoms with E-state index in [0.717, 1.165) is 0 Å². The molecule has 7 nitrogen and oxygen atoms in total. The first-order valence-corrected chi connectivity index (χ1v) is 11.9. The van der Waals surface area contributed by atoms with Crippen molar-refractivity contribution in [1.82, 2.24) is 10.2 Å². The third-order valence-corrected chi connectivity index (χ3v) is 6.30. The van der Waals surface area contributed by atoms with Gasteiger partial charge in [0.15, 0.2) is 0 Å². The number of carboxylic acids is 1. The van der Waals surface area contributed by atoms with Crippen LogP contribution in [0.5, 0.6) is 0 Å². The summed E-state index contributed by atoms with van der Waals surface area (Å²) in [4.78, 5) is 37.3. The summed E-state index contributed by atoms with van der Waals surface area (Å²) in [6.07, 6.45) is 0.373. The SMILES string of the molecule is CC(CCC(=O)N(CCC(=O)O)C(C)C)CNC(=O)OCC1c2ccccc2-c2ccccc21. The van der Waals surface area contributed by atoms with Crippen LogP contribution in [-0.2, 0) is 14.3 Å². The fraction of sp³-hybridized carbons (Fsp3) is 0.444. The van der Waals surface area contributed by atoms with E-state index in [2.05, 4.69) is 29.6 Å². The molecule has 0 saturated carbocycles. The smallest absolute Gasteiger partial charge is 0.407 e. The normalized spacial score (nSPS) is 13.2. The Kier molecular flexibility index (Phi) is 8.68. The van der Waals surface area contributed by atoms with Crippen LogP contribution in [0.4, 0.5) is 4.79 Å². The van der Waals surface area contributed by atoms with Crippen LogP contribution in [0.2, 0.25) is 0 Å². The lowest BCUT2D eigenvalue weighted by atomic mass is 9.98. The van der Waals surface area contributed by atoms with Gasteiger partial charge in [-0.25, -0.2) is 4.79 Å². The number of carbonyl (C=O) groups is 3. The van der Waals surface area contributed by atoms with Gasteiger partial charge in [0, 0.05) is 31.5 Å². The predicted octanol–water partition coefficient (Wildman–Crippen LogP) is 4.65. The zero-order valence-corrected chi connectivity index (χ0v) is 20.1. The summed E-state index contributed by atoms with van der Waals surface area (Å²) < 4.78 is 5.56. The van der Waals surface area contributed by atoms with E-state index in [0.29, 0.717) is 19.4 Å². The van der Waals surface area contributed by atoms with Gasteiger partial charge in [-0.3, -0.25) is 9.59 Å². The number of ether oxygens (including phenoxy) is 1. The molecule has 0 spiro atoms. The Morgan fingerprint density at radius 3 is 2.12 bits per heavy atom. The largest absolute Gasteiger partial charge is 0.481 e. The monoisotopic (exact) mass is 466 g/mol. The highest BCUT2D eigenvalue weighted by Crippen LogP contribution is 2.44. The quantitative estimate of drug-likeness (QED) is 0.502. The van der Waals surface area contributed by atoms with Crippen molar-refractivity contribution in [3.63, 3.8) is 0 Å². The standard InChI is InChI=1S/C27H34N2O5/c1-18(2)29(15-14-26(31)32)25(30)13-12-19(3)16-28-27(33)34-17-24-22-10-6-4-8-20(22)21-9-5-7-11-23(21)24/h4-11,18-19,24H,12-17H2,1-3H3,(H,28,33)(H,31,32). The molecule has 7 heteroatoms. The second-order valence-electron chi connectivity index (χ2n) is 9.17. The first-order chi connectivity index (χ1) is 16.3. The number of aliphatic carboxylic acids is 1. The number of hydrogen-bond donors (Lipinski definition) is 2. The van der Waals surface area contributed by atoms with Gasteiger partial charge in [0.25, 0.3) is 0 Å². The van der Waals surface area contributed by atoms with Crippen LogP contribution in [0.15, 0.2) is 48.5 Å². The summed E-state index contributed by atoms with van der Waals surface area (Å²) in [6, 6.07) is 16.3. The molecule has 1 unspecified atom stereocenters. The highest BCUT2D eigenvalue weighted by molar-refractivity contribution is 5.79. The van der Waals surface area contributed by atoms with Crippen molar-refractivity contribution in [1.29, 1.82) is 0 Å². The van der Waals surface area contributed by atoms with Gasteiger partial charge in [0.2, 0.25) is 5.91 Å². The summed E-state index contributed by atoms with van der Waals surface area (Å²) in [5, 5.41) is 11.7. The van der Waals surface area contributed by atoms with Crippen molar-refractivity contribution < 1.29 is 24.2 Å². The molecule has 2 amide bonds. The van der Waals surface area contributed by atoms with Crippen LogP contribution < -0.4 is 5.32 Å². The Bertz CT molecular complexity index is 974. The average molecular weight is 467 g/mol. The molecule has 2 N–H and O–H groups in total. The maximum Gasteiger partial charge on any atom is 0.407 e. The highest BCUT2D eigenvalue weighted by Gasteiger charge is 2.29. The minimum absolute atomic E-state index is 0.0148. The summed E-state index contributed by atoms with van der Waals surface area (Å²) in [5.41, 5.74) is 4.70. The summed E-state index contributed by atoms with van der Waals surface area (Å²) >= 11 is 0. The predicted molar refractivity (Wildman–Crippen MR) is 131 cm³/mol. The average Bonchev–Trinajstić information content (AvgIpc) is 3.13. The molecule has 3 rings (SSSR count). The molecule has 34 heavy (non-hydrogen) atoms. The zero-order chi connectivity index (χ0) is 24.7. The second kappa shape index (κ2) is 11.7. The number of carbonyl (C=O) groups excluding carboxylic acids is 2. The van der Waals surface area contributed by atoms with Crippen LogP contribution >= 0.6 is 0 Å². The number of fused-ring (bicyclic) bond motifs is 3. The van der Waals surface area contributed by atoms with Gasteiger partial charge < -0.3 is 20.1 Å². The maximum absolute atomic E-state index is 12.5. The van der Waals surface area contributed by atoms with E-state index in [1.54, 1.807) is 4.90 Å². The Morgan fingerprint density at radius 1 is 0.971 bits per heavy atom. The van der Waals surface area contributed by atoms with Crippen molar-refractivity contribution in [2.75, 3.05) is 19.7 Å². The number of amides is 2. The molecule has 0 radical (unpaired) electrons. The van der Waals surface area contributed by atoms with Gasteiger partial charge >= 0.3 is 12.1 Å². The van der Waals surface area contributed by atoms with Crippen LogP contribution in [0.3, 0.4) is 0 Å². The van der Waals surface area contributed by atoms with E-state index in [9.17, 15) is 14.4 Å². The molecular formula is C27H34N2O5. The molecule has 0 saturated heterocycles. The van der Waals surface area contributed by atoms with Crippen molar-refractivity contribution in [3.8, 4) is 11.1 Å². The van der Waals surface area contributed by atoms with Gasteiger partial charge in [-0.15, -0.1) is 0 Å². The molecular weight excluding hydrogens is 432 g/mol. The van der Waals surface area contributed by atoms with Gasteiger partial charge in [0.05, 0.1) is 6.42 Å². The lowest BCUT2D eigenvalue weighted by Gasteiger charge is -2.26. The molecule has 0 heterocycles.